The highest BCUT2D eigenvalue weighted by Crippen LogP contribution is 2.43. The Hall–Kier alpha value is -5.15. The molecule has 1 aliphatic heterocycles. The fourth-order valence-corrected chi connectivity index (χ4v) is 5.63. The van der Waals surface area contributed by atoms with Crippen LogP contribution in [-0.2, 0) is 28.9 Å². The summed E-state index contributed by atoms with van der Waals surface area (Å²) in [6.45, 7) is 1.20. The number of benzene rings is 4. The van der Waals surface area contributed by atoms with Gasteiger partial charge in [-0.3, -0.25) is 10.2 Å². The molecule has 0 unspecified atom stereocenters. The molecule has 10 heteroatoms. The van der Waals surface area contributed by atoms with Crippen molar-refractivity contribution >= 4 is 11.8 Å². The molecule has 4 aromatic carbocycles. The topological polar surface area (TPSA) is 141 Å². The second-order valence-electron chi connectivity index (χ2n) is 11.4. The summed E-state index contributed by atoms with van der Waals surface area (Å²) in [4.78, 5) is 22.5. The van der Waals surface area contributed by atoms with Gasteiger partial charge in [-0.2, -0.15) is 0 Å². The number of carbonyl (C=O) groups excluding carboxylic acids is 1. The molecule has 0 saturated heterocycles. The molecule has 1 aliphatic rings. The molecule has 4 aromatic rings. The van der Waals surface area contributed by atoms with Crippen molar-refractivity contribution in [3.8, 4) is 5.75 Å². The first-order valence-electron chi connectivity index (χ1n) is 15.9. The molecule has 2 atom stereocenters. The van der Waals surface area contributed by atoms with Crippen molar-refractivity contribution in [3.05, 3.63) is 147 Å². The number of nitrogens with one attached hydrogen (secondary N) is 2. The largest absolute Gasteiger partial charge is 0.494 e. The number of hydrazine groups is 1. The molecule has 1 amide bonds. The number of rotatable bonds is 17. The van der Waals surface area contributed by atoms with E-state index in [0.717, 1.165) is 36.0 Å². The van der Waals surface area contributed by atoms with Gasteiger partial charge in [0.1, 0.15) is 5.75 Å². The number of unbranched alkanes of at least 4 members (excludes halogenated alkanes) is 1. The highest BCUT2D eigenvalue weighted by molar-refractivity contribution is 6.01. The molecular formula is C37H40N6O4. The van der Waals surface area contributed by atoms with Crippen LogP contribution in [0.1, 0.15) is 53.2 Å². The third-order valence-electron chi connectivity index (χ3n) is 8.08. The Morgan fingerprint density at radius 2 is 1.62 bits per heavy atom. The Bertz CT molecular complexity index is 1660. The van der Waals surface area contributed by atoms with Crippen molar-refractivity contribution in [2.24, 2.45) is 10.1 Å². The molecule has 0 radical (unpaired) electrons. The van der Waals surface area contributed by atoms with Crippen molar-refractivity contribution in [1.29, 1.82) is 0 Å². The second kappa shape index (κ2) is 17.0. The quantitative estimate of drug-likeness (QED) is 0.0406. The normalized spacial score (nSPS) is 16.9. The summed E-state index contributed by atoms with van der Waals surface area (Å²) in [6, 6.07) is 34.9. The lowest BCUT2D eigenvalue weighted by atomic mass is 9.81. The molecule has 0 bridgehead atoms. The van der Waals surface area contributed by atoms with E-state index in [2.05, 4.69) is 33.0 Å². The van der Waals surface area contributed by atoms with E-state index in [4.69, 9.17) is 25.1 Å². The minimum atomic E-state index is -1.39. The second-order valence-corrected chi connectivity index (χ2v) is 11.4. The average molecular weight is 633 g/mol. The molecule has 0 spiro atoms. The first-order chi connectivity index (χ1) is 23.1. The number of amides is 1. The van der Waals surface area contributed by atoms with E-state index in [1.807, 2.05) is 97.1 Å². The smallest absolute Gasteiger partial charge is 0.266 e. The van der Waals surface area contributed by atoms with Crippen LogP contribution in [-0.4, -0.2) is 42.2 Å². The van der Waals surface area contributed by atoms with Crippen molar-refractivity contribution in [2.45, 2.75) is 50.3 Å². The van der Waals surface area contributed by atoms with Crippen molar-refractivity contribution in [3.63, 3.8) is 0 Å². The maximum atomic E-state index is 14.4. The van der Waals surface area contributed by atoms with Crippen LogP contribution in [0.4, 0.5) is 0 Å². The van der Waals surface area contributed by atoms with E-state index >= 15 is 0 Å². The zero-order chi connectivity index (χ0) is 32.7. The van der Waals surface area contributed by atoms with E-state index in [-0.39, 0.29) is 25.5 Å². The van der Waals surface area contributed by atoms with Crippen LogP contribution in [0.3, 0.4) is 0 Å². The number of hydrogen-bond donors (Lipinski definition) is 3. The number of aliphatic hydroxyl groups is 1. The van der Waals surface area contributed by atoms with Crippen molar-refractivity contribution < 1.29 is 19.4 Å². The molecule has 242 valence electrons. The van der Waals surface area contributed by atoms with Gasteiger partial charge in [0.05, 0.1) is 13.2 Å². The van der Waals surface area contributed by atoms with Crippen LogP contribution < -0.4 is 15.6 Å². The van der Waals surface area contributed by atoms with Gasteiger partial charge in [0.15, 0.2) is 11.6 Å². The van der Waals surface area contributed by atoms with Crippen LogP contribution in [0.5, 0.6) is 5.75 Å². The van der Waals surface area contributed by atoms with Gasteiger partial charge in [0.2, 0.25) is 5.90 Å². The minimum absolute atomic E-state index is 0.0578. The molecule has 0 fully saturated rings. The summed E-state index contributed by atoms with van der Waals surface area (Å²) in [5, 5.41) is 12.9. The summed E-state index contributed by atoms with van der Waals surface area (Å²) in [6.07, 6.45) is 2.81. The number of nitrogens with zero attached hydrogens (tertiary/aromatic N) is 4. The lowest BCUT2D eigenvalue weighted by molar-refractivity contribution is -0.130. The van der Waals surface area contributed by atoms with Gasteiger partial charge in [-0.1, -0.05) is 90.0 Å². The zero-order valence-corrected chi connectivity index (χ0v) is 26.3. The third-order valence-corrected chi connectivity index (χ3v) is 8.08. The maximum absolute atomic E-state index is 14.4. The number of ether oxygens (including phenoxy) is 2. The van der Waals surface area contributed by atoms with Crippen LogP contribution >= 0.6 is 0 Å². The summed E-state index contributed by atoms with van der Waals surface area (Å²) >= 11 is 0. The molecule has 3 N–H and O–H groups in total. The number of azide groups is 1. The molecule has 5 rings (SSSR count). The molecule has 0 aromatic heterocycles. The Morgan fingerprint density at radius 1 is 0.915 bits per heavy atom. The summed E-state index contributed by atoms with van der Waals surface area (Å²) in [5.74, 6) is 0.672. The Morgan fingerprint density at radius 3 is 2.34 bits per heavy atom. The Kier molecular flexibility index (Phi) is 12.0. The first kappa shape index (κ1) is 33.2. The van der Waals surface area contributed by atoms with Crippen LogP contribution in [0.2, 0.25) is 0 Å². The number of aliphatic imine (C=N–C) groups is 1. The first-order valence-corrected chi connectivity index (χ1v) is 15.9. The zero-order valence-electron chi connectivity index (χ0n) is 26.3. The van der Waals surface area contributed by atoms with Crippen LogP contribution in [0, 0.1) is 0 Å². The summed E-state index contributed by atoms with van der Waals surface area (Å²) in [5.41, 5.74) is 18.2. The highest BCUT2D eigenvalue weighted by atomic mass is 16.5. The predicted octanol–water partition coefficient (Wildman–Crippen LogP) is 6.40. The van der Waals surface area contributed by atoms with Crippen molar-refractivity contribution in [1.82, 2.24) is 10.9 Å². The van der Waals surface area contributed by atoms with Crippen molar-refractivity contribution in [2.75, 3.05) is 19.8 Å². The van der Waals surface area contributed by atoms with Gasteiger partial charge in [-0.15, -0.1) is 0 Å². The molecule has 0 saturated carbocycles. The molecule has 47 heavy (non-hydrogen) atoms. The Labute approximate surface area is 275 Å². The van der Waals surface area contributed by atoms with E-state index < -0.39 is 11.6 Å². The number of aryl methyl sites for hydroxylation is 1. The van der Waals surface area contributed by atoms with E-state index in [1.165, 1.54) is 5.56 Å². The summed E-state index contributed by atoms with van der Waals surface area (Å²) in [7, 11) is 0. The van der Waals surface area contributed by atoms with E-state index in [0.29, 0.717) is 36.8 Å². The van der Waals surface area contributed by atoms with Crippen LogP contribution in [0.15, 0.2) is 119 Å². The number of hydrogen-bond acceptors (Lipinski definition) is 7. The standard InChI is InChI=1S/C37H40N6O4/c38-43-40-27-32-18-8-7-17-31(32)26-37(36(45)42-39-23-10-9-14-28-12-3-1-4-13-28)34(29-15-5-2-6-16-29)47-35(41-37)30-19-21-33(22-20-30)46-25-11-24-44/h1-8,12-13,15-22,34,39,44H,9-11,14,23-27H2,(H,42,45)/t34-,37-/m0/s1. The SMILES string of the molecule is [N-]=[N+]=NCc1ccccc1C[C@]1(C(=O)NNCCCCc2ccccc2)N=C(c2ccc(OCCCO)cc2)O[C@H]1c1ccccc1. The average Bonchev–Trinajstić information content (AvgIpc) is 3.51. The number of aliphatic hydroxyl groups excluding tert-OH is 1. The van der Waals surface area contributed by atoms with Gasteiger partial charge in [-0.05, 0) is 71.3 Å². The lowest BCUT2D eigenvalue weighted by Crippen LogP contribution is -2.54. The predicted molar refractivity (Wildman–Crippen MR) is 182 cm³/mol. The fraction of sp³-hybridized carbons (Fsp3) is 0.297. The van der Waals surface area contributed by atoms with Gasteiger partial charge >= 0.3 is 0 Å². The van der Waals surface area contributed by atoms with Crippen LogP contribution in [0.25, 0.3) is 10.4 Å². The Balaban J connectivity index is 1.44. The molecule has 0 aliphatic carbocycles. The van der Waals surface area contributed by atoms with E-state index in [9.17, 15) is 4.79 Å². The molecule has 1 heterocycles. The minimum Gasteiger partial charge on any atom is -0.494 e. The highest BCUT2D eigenvalue weighted by Gasteiger charge is 2.53. The summed E-state index contributed by atoms with van der Waals surface area (Å²) < 4.78 is 12.3. The fourth-order valence-electron chi connectivity index (χ4n) is 5.63. The van der Waals surface area contributed by atoms with Gasteiger partial charge in [-0.25, -0.2) is 10.4 Å². The molecule has 10 nitrogen and oxygen atoms in total. The van der Waals surface area contributed by atoms with Gasteiger partial charge < -0.3 is 14.6 Å². The lowest BCUT2D eigenvalue weighted by Gasteiger charge is -2.31. The number of carbonyl (C=O) groups is 1. The van der Waals surface area contributed by atoms with Gasteiger partial charge in [0.25, 0.3) is 5.91 Å². The van der Waals surface area contributed by atoms with E-state index in [1.54, 1.807) is 0 Å². The monoisotopic (exact) mass is 632 g/mol. The van der Waals surface area contributed by atoms with Gasteiger partial charge in [0, 0.05) is 36.5 Å². The molecular weight excluding hydrogens is 592 g/mol. The third kappa shape index (κ3) is 8.77. The maximum Gasteiger partial charge on any atom is 0.266 e.